The van der Waals surface area contributed by atoms with Crippen molar-refractivity contribution < 1.29 is 19.4 Å². The van der Waals surface area contributed by atoms with E-state index in [9.17, 15) is 9.59 Å². The van der Waals surface area contributed by atoms with Gasteiger partial charge in [-0.25, -0.2) is 9.59 Å². The molecule has 2 rings (SSSR count). The topological polar surface area (TPSA) is 66.8 Å². The predicted octanol–water partition coefficient (Wildman–Crippen LogP) is 1.69. The summed E-state index contributed by atoms with van der Waals surface area (Å²) < 4.78 is 4.68. The third-order valence-corrected chi connectivity index (χ3v) is 3.12. The van der Waals surface area contributed by atoms with E-state index in [1.807, 2.05) is 11.0 Å². The molecule has 5 heteroatoms. The van der Waals surface area contributed by atoms with E-state index in [1.54, 1.807) is 24.3 Å². The lowest BCUT2D eigenvalue weighted by Gasteiger charge is -2.27. The number of methoxy groups -OCH3 is 1. The standard InChI is InChI=1S/C14H15NO4/c1-19-14(18)11-3-2-4-12(9-11)15-7-5-10(6-8-15)13(16)17/h2-5,9H,6-8H2,1H3,(H,16,17). The molecule has 0 bridgehead atoms. The number of benzene rings is 1. The van der Waals surface area contributed by atoms with Crippen LogP contribution in [0.4, 0.5) is 5.69 Å². The normalized spacial score (nSPS) is 14.8. The summed E-state index contributed by atoms with van der Waals surface area (Å²) in [6, 6.07) is 7.13. The summed E-state index contributed by atoms with van der Waals surface area (Å²) in [4.78, 5) is 24.3. The van der Waals surface area contributed by atoms with Crippen molar-refractivity contribution >= 4 is 17.6 Å². The maximum atomic E-state index is 11.5. The molecule has 0 unspecified atom stereocenters. The number of aliphatic carboxylic acids is 1. The molecule has 19 heavy (non-hydrogen) atoms. The zero-order chi connectivity index (χ0) is 13.8. The molecule has 0 saturated carbocycles. The van der Waals surface area contributed by atoms with Gasteiger partial charge in [0.2, 0.25) is 0 Å². The Morgan fingerprint density at radius 2 is 2.16 bits per heavy atom. The predicted molar refractivity (Wildman–Crippen MR) is 70.3 cm³/mol. The van der Waals surface area contributed by atoms with E-state index in [2.05, 4.69) is 4.74 Å². The van der Waals surface area contributed by atoms with E-state index in [-0.39, 0.29) is 5.97 Å². The van der Waals surface area contributed by atoms with Crippen molar-refractivity contribution in [2.75, 3.05) is 25.1 Å². The van der Waals surface area contributed by atoms with E-state index >= 15 is 0 Å². The molecule has 1 aliphatic rings. The average Bonchev–Trinajstić information content (AvgIpc) is 2.46. The summed E-state index contributed by atoms with van der Waals surface area (Å²) in [5, 5.41) is 8.90. The summed E-state index contributed by atoms with van der Waals surface area (Å²) in [7, 11) is 1.35. The van der Waals surface area contributed by atoms with Gasteiger partial charge in [0.05, 0.1) is 12.7 Å². The first kappa shape index (κ1) is 13.1. The quantitative estimate of drug-likeness (QED) is 0.839. The molecule has 1 N–H and O–H groups in total. The molecule has 1 aromatic rings. The first-order valence-electron chi connectivity index (χ1n) is 5.97. The van der Waals surface area contributed by atoms with Crippen molar-refractivity contribution in [2.24, 2.45) is 0 Å². The van der Waals surface area contributed by atoms with Crippen molar-refractivity contribution in [3.8, 4) is 0 Å². The molecule has 0 atom stereocenters. The number of nitrogens with zero attached hydrogens (tertiary/aromatic N) is 1. The molecule has 1 aromatic carbocycles. The molecule has 0 saturated heterocycles. The Balaban J connectivity index is 2.16. The van der Waals surface area contributed by atoms with Crippen molar-refractivity contribution in [1.82, 2.24) is 0 Å². The number of hydrogen-bond donors (Lipinski definition) is 1. The number of carbonyl (C=O) groups excluding carboxylic acids is 1. The van der Waals surface area contributed by atoms with Crippen LogP contribution in [0.1, 0.15) is 16.8 Å². The lowest BCUT2D eigenvalue weighted by Crippen LogP contribution is -2.30. The molecule has 0 aliphatic carbocycles. The summed E-state index contributed by atoms with van der Waals surface area (Å²) >= 11 is 0. The second-order valence-electron chi connectivity index (χ2n) is 4.27. The smallest absolute Gasteiger partial charge is 0.337 e. The fourth-order valence-electron chi connectivity index (χ4n) is 2.05. The van der Waals surface area contributed by atoms with Crippen molar-refractivity contribution in [2.45, 2.75) is 6.42 Å². The molecule has 100 valence electrons. The number of anilines is 1. The van der Waals surface area contributed by atoms with Gasteiger partial charge in [0.15, 0.2) is 0 Å². The molecule has 0 amide bonds. The van der Waals surface area contributed by atoms with Gasteiger partial charge in [0.25, 0.3) is 0 Å². The van der Waals surface area contributed by atoms with Gasteiger partial charge in [-0.15, -0.1) is 0 Å². The Labute approximate surface area is 111 Å². The largest absolute Gasteiger partial charge is 0.478 e. The van der Waals surface area contributed by atoms with E-state index < -0.39 is 5.97 Å². The van der Waals surface area contributed by atoms with E-state index in [1.165, 1.54) is 7.11 Å². The lowest BCUT2D eigenvalue weighted by atomic mass is 10.1. The highest BCUT2D eigenvalue weighted by Crippen LogP contribution is 2.21. The first-order chi connectivity index (χ1) is 9.11. The van der Waals surface area contributed by atoms with Gasteiger partial charge in [-0.3, -0.25) is 0 Å². The van der Waals surface area contributed by atoms with Crippen LogP contribution in [0.3, 0.4) is 0 Å². The van der Waals surface area contributed by atoms with Gasteiger partial charge < -0.3 is 14.7 Å². The van der Waals surface area contributed by atoms with E-state index in [4.69, 9.17) is 5.11 Å². The van der Waals surface area contributed by atoms with Crippen molar-refractivity contribution in [1.29, 1.82) is 0 Å². The molecular weight excluding hydrogens is 246 g/mol. The van der Waals surface area contributed by atoms with Gasteiger partial charge in [-0.1, -0.05) is 12.1 Å². The first-order valence-corrected chi connectivity index (χ1v) is 5.97. The Kier molecular flexibility index (Phi) is 3.85. The third-order valence-electron chi connectivity index (χ3n) is 3.12. The Hall–Kier alpha value is -2.30. The number of ether oxygens (including phenoxy) is 1. The SMILES string of the molecule is COC(=O)c1cccc(N2CC=C(C(=O)O)CC2)c1. The minimum Gasteiger partial charge on any atom is -0.478 e. The third kappa shape index (κ3) is 2.93. The van der Waals surface area contributed by atoms with Crippen LogP contribution in [0.2, 0.25) is 0 Å². The summed E-state index contributed by atoms with van der Waals surface area (Å²) in [5.41, 5.74) is 1.83. The molecule has 0 aromatic heterocycles. The van der Waals surface area contributed by atoms with E-state index in [0.717, 1.165) is 5.69 Å². The van der Waals surface area contributed by atoms with Gasteiger partial charge in [0, 0.05) is 24.4 Å². The highest BCUT2D eigenvalue weighted by molar-refractivity contribution is 5.90. The number of esters is 1. The minimum atomic E-state index is -0.858. The van der Waals surface area contributed by atoms with Crippen molar-refractivity contribution in [3.05, 3.63) is 41.5 Å². The maximum absolute atomic E-state index is 11.5. The summed E-state index contributed by atoms with van der Waals surface area (Å²) in [5.74, 6) is -1.23. The van der Waals surface area contributed by atoms with Gasteiger partial charge in [0.1, 0.15) is 0 Å². The van der Waals surface area contributed by atoms with Crippen LogP contribution < -0.4 is 4.90 Å². The second kappa shape index (κ2) is 5.56. The fraction of sp³-hybridized carbons (Fsp3) is 0.286. The van der Waals surface area contributed by atoms with Crippen LogP contribution in [0.25, 0.3) is 0 Å². The number of carbonyl (C=O) groups is 2. The van der Waals surface area contributed by atoms with Gasteiger partial charge >= 0.3 is 11.9 Å². The zero-order valence-corrected chi connectivity index (χ0v) is 10.6. The highest BCUT2D eigenvalue weighted by Gasteiger charge is 2.17. The zero-order valence-electron chi connectivity index (χ0n) is 10.6. The van der Waals surface area contributed by atoms with Gasteiger partial charge in [-0.2, -0.15) is 0 Å². The molecule has 0 radical (unpaired) electrons. The Morgan fingerprint density at radius 1 is 1.37 bits per heavy atom. The lowest BCUT2D eigenvalue weighted by molar-refractivity contribution is -0.132. The molecule has 0 spiro atoms. The molecular formula is C14H15NO4. The molecule has 5 nitrogen and oxygen atoms in total. The number of carboxylic acid groups (broad SMARTS) is 1. The maximum Gasteiger partial charge on any atom is 0.337 e. The van der Waals surface area contributed by atoms with Crippen LogP contribution >= 0.6 is 0 Å². The number of carboxylic acids is 1. The number of hydrogen-bond acceptors (Lipinski definition) is 4. The Morgan fingerprint density at radius 3 is 2.74 bits per heavy atom. The molecule has 0 fully saturated rings. The second-order valence-corrected chi connectivity index (χ2v) is 4.27. The minimum absolute atomic E-state index is 0.374. The van der Waals surface area contributed by atoms with Crippen LogP contribution in [-0.2, 0) is 9.53 Å². The summed E-state index contributed by atoms with van der Waals surface area (Å²) in [6.45, 7) is 1.16. The number of rotatable bonds is 3. The van der Waals surface area contributed by atoms with Gasteiger partial charge in [-0.05, 0) is 24.6 Å². The Bertz CT molecular complexity index is 536. The monoisotopic (exact) mass is 261 g/mol. The summed E-state index contributed by atoms with van der Waals surface area (Å²) in [6.07, 6.45) is 2.20. The van der Waals surface area contributed by atoms with Crippen LogP contribution in [0, 0.1) is 0 Å². The van der Waals surface area contributed by atoms with Crippen LogP contribution in [-0.4, -0.2) is 37.2 Å². The van der Waals surface area contributed by atoms with E-state index in [0.29, 0.717) is 30.6 Å². The fourth-order valence-corrected chi connectivity index (χ4v) is 2.05. The molecule has 1 heterocycles. The molecule has 1 aliphatic heterocycles. The van der Waals surface area contributed by atoms with Crippen LogP contribution in [0.15, 0.2) is 35.9 Å². The van der Waals surface area contributed by atoms with Crippen molar-refractivity contribution in [3.63, 3.8) is 0 Å². The van der Waals surface area contributed by atoms with Crippen LogP contribution in [0.5, 0.6) is 0 Å². The highest BCUT2D eigenvalue weighted by atomic mass is 16.5. The average molecular weight is 261 g/mol.